The molecule has 33 heavy (non-hydrogen) atoms. The van der Waals surface area contributed by atoms with Crippen LogP contribution in [0.2, 0.25) is 0 Å². The predicted molar refractivity (Wildman–Crippen MR) is 136 cm³/mol. The molecule has 0 amide bonds. The normalized spacial score (nSPS) is 18.6. The standard InChI is InChI=1S/C26H32FNO3S2/c1-6-26(18(3)4)16-28(19-11-9-8-10-12-19)21-13-24(32-5)22(14-23(21)33-17-26)31-15-20(27)25(29)30-7-2/h8-15,18H,6-7,16-17H2,1-5H3/b20-15-. The number of benzene rings is 2. The molecule has 0 aromatic heterocycles. The Bertz CT molecular complexity index is 997. The maximum atomic E-state index is 14.1. The van der Waals surface area contributed by atoms with Crippen LogP contribution in [0.1, 0.15) is 34.1 Å². The van der Waals surface area contributed by atoms with Crippen molar-refractivity contribution in [2.24, 2.45) is 11.3 Å². The van der Waals surface area contributed by atoms with Crippen molar-refractivity contribution in [3.8, 4) is 5.75 Å². The fraction of sp³-hybridized carbons (Fsp3) is 0.423. The van der Waals surface area contributed by atoms with Crippen LogP contribution in [0, 0.1) is 11.3 Å². The molecule has 3 rings (SSSR count). The molecule has 1 unspecified atom stereocenters. The Kier molecular flexibility index (Phi) is 8.76. The quantitative estimate of drug-likeness (QED) is 0.166. The summed E-state index contributed by atoms with van der Waals surface area (Å²) in [5.74, 6) is -0.0696. The van der Waals surface area contributed by atoms with Gasteiger partial charge >= 0.3 is 5.97 Å². The lowest BCUT2D eigenvalue weighted by Gasteiger charge is -2.39. The van der Waals surface area contributed by atoms with E-state index in [1.54, 1.807) is 6.92 Å². The van der Waals surface area contributed by atoms with Crippen LogP contribution in [-0.2, 0) is 9.53 Å². The number of esters is 1. The lowest BCUT2D eigenvalue weighted by atomic mass is 9.76. The van der Waals surface area contributed by atoms with Gasteiger partial charge < -0.3 is 14.4 Å². The zero-order valence-electron chi connectivity index (χ0n) is 19.9. The Hall–Kier alpha value is -2.12. The van der Waals surface area contributed by atoms with Gasteiger partial charge in [0.25, 0.3) is 0 Å². The summed E-state index contributed by atoms with van der Waals surface area (Å²) in [4.78, 5) is 16.0. The molecule has 0 fully saturated rings. The lowest BCUT2D eigenvalue weighted by molar-refractivity contribution is -0.140. The van der Waals surface area contributed by atoms with E-state index in [4.69, 9.17) is 9.47 Å². The number of carbonyl (C=O) groups is 1. The smallest absolute Gasteiger partial charge is 0.370 e. The molecule has 4 nitrogen and oxygen atoms in total. The molecule has 1 heterocycles. The second kappa shape index (κ2) is 11.3. The third-order valence-electron chi connectivity index (χ3n) is 6.28. The number of para-hydroxylation sites is 1. The summed E-state index contributed by atoms with van der Waals surface area (Å²) < 4.78 is 24.4. The summed E-state index contributed by atoms with van der Waals surface area (Å²) in [6.45, 7) is 9.52. The van der Waals surface area contributed by atoms with E-state index in [9.17, 15) is 9.18 Å². The monoisotopic (exact) mass is 489 g/mol. The Morgan fingerprint density at radius 3 is 2.61 bits per heavy atom. The van der Waals surface area contributed by atoms with Crippen LogP contribution in [0.25, 0.3) is 0 Å². The lowest BCUT2D eigenvalue weighted by Crippen LogP contribution is -2.39. The summed E-state index contributed by atoms with van der Waals surface area (Å²) >= 11 is 3.34. The number of ether oxygens (including phenoxy) is 2. The maximum absolute atomic E-state index is 14.1. The Balaban J connectivity index is 2.06. The predicted octanol–water partition coefficient (Wildman–Crippen LogP) is 7.46. The zero-order chi connectivity index (χ0) is 24.0. The van der Waals surface area contributed by atoms with Crippen LogP contribution in [0.4, 0.5) is 15.8 Å². The van der Waals surface area contributed by atoms with E-state index in [1.807, 2.05) is 30.2 Å². The van der Waals surface area contributed by atoms with Crippen molar-refractivity contribution >= 4 is 40.9 Å². The van der Waals surface area contributed by atoms with E-state index in [-0.39, 0.29) is 12.0 Å². The van der Waals surface area contributed by atoms with Gasteiger partial charge in [-0.15, -0.1) is 23.5 Å². The van der Waals surface area contributed by atoms with Crippen LogP contribution >= 0.6 is 23.5 Å². The van der Waals surface area contributed by atoms with E-state index >= 15 is 0 Å². The molecule has 7 heteroatoms. The average Bonchev–Trinajstić information content (AvgIpc) is 3.00. The Morgan fingerprint density at radius 1 is 1.27 bits per heavy atom. The number of hydrogen-bond acceptors (Lipinski definition) is 6. The first-order chi connectivity index (χ1) is 15.8. The van der Waals surface area contributed by atoms with E-state index in [0.717, 1.165) is 46.1 Å². The third-order valence-corrected chi connectivity index (χ3v) is 8.40. The highest BCUT2D eigenvalue weighted by Crippen LogP contribution is 2.50. The first-order valence-electron chi connectivity index (χ1n) is 11.2. The molecular weight excluding hydrogens is 457 g/mol. The van der Waals surface area contributed by atoms with Crippen molar-refractivity contribution < 1.29 is 18.7 Å². The minimum atomic E-state index is -1.05. The molecule has 0 N–H and O–H groups in total. The molecule has 0 spiro atoms. The average molecular weight is 490 g/mol. The van der Waals surface area contributed by atoms with E-state index in [1.165, 1.54) is 11.8 Å². The number of anilines is 2. The van der Waals surface area contributed by atoms with E-state index in [2.05, 4.69) is 56.0 Å². The Morgan fingerprint density at radius 2 is 2.00 bits per heavy atom. The van der Waals surface area contributed by atoms with Gasteiger partial charge in [-0.2, -0.15) is 4.39 Å². The van der Waals surface area contributed by atoms with Gasteiger partial charge in [0.15, 0.2) is 0 Å². The highest BCUT2D eigenvalue weighted by atomic mass is 32.2. The number of hydrogen-bond donors (Lipinski definition) is 0. The number of halogens is 1. The van der Waals surface area contributed by atoms with Crippen molar-refractivity contribution in [3.05, 3.63) is 54.6 Å². The number of nitrogens with zero attached hydrogens (tertiary/aromatic N) is 1. The van der Waals surface area contributed by atoms with Gasteiger partial charge in [0.2, 0.25) is 5.83 Å². The molecule has 1 aliphatic heterocycles. The first-order valence-corrected chi connectivity index (χ1v) is 13.4. The highest BCUT2D eigenvalue weighted by molar-refractivity contribution is 7.99. The van der Waals surface area contributed by atoms with Gasteiger partial charge in [-0.25, -0.2) is 4.79 Å². The van der Waals surface area contributed by atoms with Gasteiger partial charge in [-0.1, -0.05) is 39.0 Å². The second-order valence-electron chi connectivity index (χ2n) is 8.36. The van der Waals surface area contributed by atoms with Crippen LogP contribution in [-0.4, -0.2) is 31.1 Å². The van der Waals surface area contributed by atoms with Crippen LogP contribution in [0.3, 0.4) is 0 Å². The largest absolute Gasteiger partial charge is 0.461 e. The highest BCUT2D eigenvalue weighted by Gasteiger charge is 2.38. The molecule has 2 aromatic rings. The van der Waals surface area contributed by atoms with Crippen molar-refractivity contribution in [1.82, 2.24) is 0 Å². The fourth-order valence-corrected chi connectivity index (χ4v) is 6.07. The van der Waals surface area contributed by atoms with Crippen LogP contribution < -0.4 is 9.64 Å². The molecule has 0 saturated heterocycles. The molecule has 0 saturated carbocycles. The van der Waals surface area contributed by atoms with Gasteiger partial charge in [0.1, 0.15) is 12.0 Å². The van der Waals surface area contributed by atoms with Crippen molar-refractivity contribution in [2.45, 2.75) is 43.9 Å². The summed E-state index contributed by atoms with van der Waals surface area (Å²) in [5.41, 5.74) is 2.40. The minimum absolute atomic E-state index is 0.107. The van der Waals surface area contributed by atoms with Gasteiger partial charge in [-0.05, 0) is 55.2 Å². The van der Waals surface area contributed by atoms with Crippen LogP contribution in [0.5, 0.6) is 5.75 Å². The molecule has 0 bridgehead atoms. The van der Waals surface area contributed by atoms with Gasteiger partial charge in [0, 0.05) is 22.9 Å². The third kappa shape index (κ3) is 5.69. The molecule has 2 aromatic carbocycles. The molecule has 178 valence electrons. The molecule has 0 aliphatic carbocycles. The second-order valence-corrected chi connectivity index (χ2v) is 10.2. The van der Waals surface area contributed by atoms with Crippen LogP contribution in [0.15, 0.2) is 64.3 Å². The number of thioether (sulfide) groups is 2. The number of carbonyl (C=O) groups excluding carboxylic acids is 1. The zero-order valence-corrected chi connectivity index (χ0v) is 21.5. The number of fused-ring (bicyclic) bond motifs is 1. The van der Waals surface area contributed by atoms with Crippen molar-refractivity contribution in [2.75, 3.05) is 30.1 Å². The molecule has 1 aliphatic rings. The van der Waals surface area contributed by atoms with E-state index < -0.39 is 11.8 Å². The SMILES string of the molecule is CCOC(=O)/C(F)=C/Oc1cc2c(cc1SC)N(c1ccccc1)CC(CC)(C(C)C)CS2. The minimum Gasteiger partial charge on any atom is -0.461 e. The van der Waals surface area contributed by atoms with Crippen molar-refractivity contribution in [1.29, 1.82) is 0 Å². The van der Waals surface area contributed by atoms with Gasteiger partial charge in [0.05, 0.1) is 17.2 Å². The number of rotatable bonds is 8. The maximum Gasteiger partial charge on any atom is 0.370 e. The topological polar surface area (TPSA) is 38.8 Å². The summed E-state index contributed by atoms with van der Waals surface area (Å²) in [6.07, 6.45) is 3.86. The first kappa shape index (κ1) is 25.5. The summed E-state index contributed by atoms with van der Waals surface area (Å²) in [6, 6.07) is 14.5. The molecular formula is C26H32FNO3S2. The summed E-state index contributed by atoms with van der Waals surface area (Å²) in [7, 11) is 0. The van der Waals surface area contributed by atoms with Crippen molar-refractivity contribution in [3.63, 3.8) is 0 Å². The molecule has 0 radical (unpaired) electrons. The molecule has 1 atom stereocenters. The Labute approximate surface area is 204 Å². The fourth-order valence-electron chi connectivity index (χ4n) is 3.95. The summed E-state index contributed by atoms with van der Waals surface area (Å²) in [5, 5.41) is 0. The van der Waals surface area contributed by atoms with E-state index in [0.29, 0.717) is 11.7 Å². The van der Waals surface area contributed by atoms with Gasteiger partial charge in [-0.3, -0.25) is 0 Å².